The average molecular weight is 278 g/mol. The van der Waals surface area contributed by atoms with Gasteiger partial charge in [-0.3, -0.25) is 0 Å². The highest BCUT2D eigenvalue weighted by atomic mass is 32.2. The Morgan fingerprint density at radius 2 is 2.28 bits per heavy atom. The summed E-state index contributed by atoms with van der Waals surface area (Å²) in [6, 6.07) is 0. The van der Waals surface area contributed by atoms with Gasteiger partial charge in [-0.25, -0.2) is 18.1 Å². The molecule has 8 nitrogen and oxygen atoms in total. The summed E-state index contributed by atoms with van der Waals surface area (Å²) in [6.07, 6.45) is 1.85. The number of imidazole rings is 1. The number of aliphatic hydroxyl groups excluding tert-OH is 1. The predicted molar refractivity (Wildman–Crippen MR) is 65.3 cm³/mol. The Bertz CT molecular complexity index is 451. The maximum atomic E-state index is 11.9. The Kier molecular flexibility index (Phi) is 5.54. The number of nitrogens with one attached hydrogen (secondary N) is 1. The Hall–Kier alpha value is -1.16. The van der Waals surface area contributed by atoms with Crippen LogP contribution in [0.5, 0.6) is 0 Å². The minimum atomic E-state index is -3.65. The zero-order valence-corrected chi connectivity index (χ0v) is 11.0. The van der Waals surface area contributed by atoms with E-state index >= 15 is 0 Å². The van der Waals surface area contributed by atoms with Gasteiger partial charge in [0, 0.05) is 20.2 Å². The minimum absolute atomic E-state index is 0.0264. The second-order valence-corrected chi connectivity index (χ2v) is 5.32. The van der Waals surface area contributed by atoms with Crippen LogP contribution in [-0.2, 0) is 21.8 Å². The lowest BCUT2D eigenvalue weighted by atomic mass is 10.5. The fourth-order valence-electron chi connectivity index (χ4n) is 1.38. The highest BCUT2D eigenvalue weighted by Gasteiger charge is 2.21. The topological polar surface area (TPSA) is 119 Å². The number of ether oxygens (including phenoxy) is 1. The van der Waals surface area contributed by atoms with Crippen LogP contribution < -0.4 is 10.5 Å². The van der Waals surface area contributed by atoms with Crippen LogP contribution in [0.15, 0.2) is 11.4 Å². The van der Waals surface area contributed by atoms with Gasteiger partial charge in [0.25, 0.3) is 10.0 Å². The molecule has 0 unspecified atom stereocenters. The van der Waals surface area contributed by atoms with Crippen LogP contribution in [0.3, 0.4) is 0 Å². The van der Waals surface area contributed by atoms with Crippen LogP contribution in [0.25, 0.3) is 0 Å². The third-order valence-electron chi connectivity index (χ3n) is 2.16. The van der Waals surface area contributed by atoms with Crippen molar-refractivity contribution in [2.45, 2.75) is 11.4 Å². The number of nitrogen functional groups attached to an aromatic ring is 1. The number of nitrogens with two attached hydrogens (primary N) is 1. The fraction of sp³-hybridized carbons (Fsp3) is 0.667. The Balaban J connectivity index is 2.46. The van der Waals surface area contributed by atoms with Gasteiger partial charge >= 0.3 is 0 Å². The van der Waals surface area contributed by atoms with Gasteiger partial charge in [-0.15, -0.1) is 0 Å². The smallest absolute Gasteiger partial charge is 0.260 e. The molecule has 4 N–H and O–H groups in total. The van der Waals surface area contributed by atoms with Crippen molar-refractivity contribution in [3.05, 3.63) is 6.33 Å². The van der Waals surface area contributed by atoms with E-state index in [-0.39, 0.29) is 30.6 Å². The van der Waals surface area contributed by atoms with Crippen molar-refractivity contribution in [1.82, 2.24) is 14.3 Å². The quantitative estimate of drug-likeness (QED) is 0.507. The second-order valence-electron chi connectivity index (χ2n) is 3.63. The molecule has 0 bridgehead atoms. The third kappa shape index (κ3) is 3.95. The number of aryl methyl sites for hydroxylation is 1. The highest BCUT2D eigenvalue weighted by molar-refractivity contribution is 7.89. The monoisotopic (exact) mass is 278 g/mol. The van der Waals surface area contributed by atoms with E-state index in [1.807, 2.05) is 0 Å². The number of aliphatic hydroxyl groups is 1. The van der Waals surface area contributed by atoms with Gasteiger partial charge < -0.3 is 20.1 Å². The molecule has 18 heavy (non-hydrogen) atoms. The van der Waals surface area contributed by atoms with Crippen molar-refractivity contribution >= 4 is 15.8 Å². The molecule has 0 spiro atoms. The molecule has 1 heterocycles. The summed E-state index contributed by atoms with van der Waals surface area (Å²) in [5.41, 5.74) is 5.49. The van der Waals surface area contributed by atoms with Crippen LogP contribution in [-0.4, -0.2) is 49.4 Å². The molecule has 0 aliphatic carbocycles. The number of sulfonamides is 1. The second kappa shape index (κ2) is 6.69. The highest BCUT2D eigenvalue weighted by Crippen LogP contribution is 2.14. The molecule has 0 saturated heterocycles. The summed E-state index contributed by atoms with van der Waals surface area (Å²) in [4.78, 5) is 3.72. The largest absolute Gasteiger partial charge is 0.394 e. The lowest BCUT2D eigenvalue weighted by molar-refractivity contribution is 0.0913. The summed E-state index contributed by atoms with van der Waals surface area (Å²) < 4.78 is 32.5. The lowest BCUT2D eigenvalue weighted by Gasteiger charge is -2.07. The van der Waals surface area contributed by atoms with E-state index < -0.39 is 10.0 Å². The molecule has 104 valence electrons. The van der Waals surface area contributed by atoms with E-state index in [0.29, 0.717) is 13.0 Å². The summed E-state index contributed by atoms with van der Waals surface area (Å²) in [5, 5.41) is 8.44. The van der Waals surface area contributed by atoms with Crippen LogP contribution in [0.4, 0.5) is 5.82 Å². The molecule has 1 rings (SSSR count). The van der Waals surface area contributed by atoms with Gasteiger partial charge in [0.15, 0.2) is 10.8 Å². The molecule has 1 aromatic heterocycles. The van der Waals surface area contributed by atoms with Gasteiger partial charge in [0.05, 0.1) is 19.5 Å². The SMILES string of the molecule is Cn1cnc(N)c1S(=O)(=O)NCCCOCCO. The van der Waals surface area contributed by atoms with E-state index in [0.717, 1.165) is 0 Å². The van der Waals surface area contributed by atoms with E-state index in [4.69, 9.17) is 15.6 Å². The third-order valence-corrected chi connectivity index (χ3v) is 3.75. The van der Waals surface area contributed by atoms with Gasteiger partial charge in [0.2, 0.25) is 0 Å². The maximum Gasteiger partial charge on any atom is 0.260 e. The van der Waals surface area contributed by atoms with E-state index in [2.05, 4.69) is 9.71 Å². The summed E-state index contributed by atoms with van der Waals surface area (Å²) >= 11 is 0. The van der Waals surface area contributed by atoms with Crippen LogP contribution in [0.2, 0.25) is 0 Å². The first kappa shape index (κ1) is 14.9. The Morgan fingerprint density at radius 1 is 1.56 bits per heavy atom. The van der Waals surface area contributed by atoms with E-state index in [1.54, 1.807) is 7.05 Å². The number of rotatable bonds is 8. The molecule has 1 aromatic rings. The van der Waals surface area contributed by atoms with Crippen molar-refractivity contribution in [1.29, 1.82) is 0 Å². The van der Waals surface area contributed by atoms with Crippen molar-refractivity contribution in [3.8, 4) is 0 Å². The molecule has 0 aliphatic rings. The van der Waals surface area contributed by atoms with Crippen molar-refractivity contribution in [2.24, 2.45) is 7.05 Å². The molecule has 0 amide bonds. The van der Waals surface area contributed by atoms with Crippen LogP contribution in [0, 0.1) is 0 Å². The van der Waals surface area contributed by atoms with Crippen molar-refractivity contribution < 1.29 is 18.3 Å². The number of hydrogen-bond donors (Lipinski definition) is 3. The first-order valence-corrected chi connectivity index (χ1v) is 6.92. The predicted octanol–water partition coefficient (Wildman–Crippen LogP) is -1.32. The molecule has 0 aliphatic heterocycles. The van der Waals surface area contributed by atoms with Gasteiger partial charge in [-0.1, -0.05) is 0 Å². The minimum Gasteiger partial charge on any atom is -0.394 e. The summed E-state index contributed by atoms with van der Waals surface area (Å²) in [6.45, 7) is 0.820. The number of hydrogen-bond acceptors (Lipinski definition) is 6. The Morgan fingerprint density at radius 3 is 2.83 bits per heavy atom. The first-order valence-electron chi connectivity index (χ1n) is 5.44. The lowest BCUT2D eigenvalue weighted by Crippen LogP contribution is -2.28. The van der Waals surface area contributed by atoms with Crippen molar-refractivity contribution in [3.63, 3.8) is 0 Å². The van der Waals surface area contributed by atoms with Gasteiger partial charge in [-0.05, 0) is 6.42 Å². The fourth-order valence-corrected chi connectivity index (χ4v) is 2.68. The number of aromatic nitrogens is 2. The van der Waals surface area contributed by atoms with E-state index in [9.17, 15) is 8.42 Å². The summed E-state index contributed by atoms with van der Waals surface area (Å²) in [5.74, 6) is -0.0264. The molecule has 0 aromatic carbocycles. The first-order chi connectivity index (χ1) is 8.49. The molecular weight excluding hydrogens is 260 g/mol. The Labute approximate surface area is 106 Å². The zero-order chi connectivity index (χ0) is 13.6. The molecular formula is C9H18N4O4S. The van der Waals surface area contributed by atoms with Gasteiger partial charge in [-0.2, -0.15) is 0 Å². The standard InChI is InChI=1S/C9H18N4O4S/c1-13-7-11-8(10)9(13)18(15,16)12-3-2-5-17-6-4-14/h7,12,14H,2-6,10H2,1H3. The normalized spacial score (nSPS) is 11.9. The molecule has 0 saturated carbocycles. The molecule has 0 atom stereocenters. The molecule has 0 fully saturated rings. The molecule has 9 heteroatoms. The van der Waals surface area contributed by atoms with E-state index in [1.165, 1.54) is 10.9 Å². The summed E-state index contributed by atoms with van der Waals surface area (Å²) in [7, 11) is -2.09. The zero-order valence-electron chi connectivity index (χ0n) is 10.2. The van der Waals surface area contributed by atoms with Crippen LogP contribution in [0.1, 0.15) is 6.42 Å². The van der Waals surface area contributed by atoms with Crippen LogP contribution >= 0.6 is 0 Å². The number of anilines is 1. The number of nitrogens with zero attached hydrogens (tertiary/aromatic N) is 2. The molecule has 0 radical (unpaired) electrons. The average Bonchev–Trinajstić information content (AvgIpc) is 2.64. The van der Waals surface area contributed by atoms with Crippen molar-refractivity contribution in [2.75, 3.05) is 32.1 Å². The van der Waals surface area contributed by atoms with Gasteiger partial charge in [0.1, 0.15) is 0 Å². The maximum absolute atomic E-state index is 11.9.